The second-order valence-electron chi connectivity index (χ2n) is 3.82. The molecule has 0 saturated heterocycles. The normalized spacial score (nSPS) is 9.65. The Balaban J connectivity index is 2.31. The van der Waals surface area contributed by atoms with Gasteiger partial charge in [0.05, 0.1) is 28.7 Å². The predicted molar refractivity (Wildman–Crippen MR) is 78.9 cm³/mol. The first-order valence-corrected chi connectivity index (χ1v) is 6.36. The van der Waals surface area contributed by atoms with Gasteiger partial charge >= 0.3 is 0 Å². The zero-order valence-electron chi connectivity index (χ0n) is 10.2. The number of halogens is 1. The fraction of sp³-hybridized carbons (Fsp3) is 0. The second kappa shape index (κ2) is 6.14. The second-order valence-corrected chi connectivity index (χ2v) is 4.74. The number of nitrogens with one attached hydrogen (secondary N) is 2. The molecule has 2 aromatic rings. The minimum Gasteiger partial charge on any atom is -0.322 e. The van der Waals surface area contributed by atoms with Gasteiger partial charge in [0.1, 0.15) is 6.07 Å². The average molecular weight is 332 g/mol. The first kappa shape index (κ1) is 14.0. The summed E-state index contributed by atoms with van der Waals surface area (Å²) in [6, 6.07) is 8.58. The fourth-order valence-corrected chi connectivity index (χ4v) is 1.98. The van der Waals surface area contributed by atoms with E-state index in [9.17, 15) is 4.79 Å². The number of anilines is 2. The van der Waals surface area contributed by atoms with Crippen molar-refractivity contribution in [2.24, 2.45) is 5.84 Å². The molecule has 0 radical (unpaired) electrons. The lowest BCUT2D eigenvalue weighted by Crippen LogP contribution is -2.18. The van der Waals surface area contributed by atoms with Crippen LogP contribution >= 0.6 is 15.9 Å². The highest BCUT2D eigenvalue weighted by molar-refractivity contribution is 9.10. The van der Waals surface area contributed by atoms with E-state index in [1.807, 2.05) is 6.07 Å². The standard InChI is InChI=1S/C13H10BrN5O/c14-9-1-2-11(8(5-9)6-15)18-13(20)10-3-4-17-7-12(10)19-16/h1-5,7,19H,16H2,(H,18,20). The third-order valence-electron chi connectivity index (χ3n) is 2.57. The van der Waals surface area contributed by atoms with E-state index < -0.39 is 0 Å². The van der Waals surface area contributed by atoms with Gasteiger partial charge in [-0.1, -0.05) is 15.9 Å². The molecule has 0 aliphatic carbocycles. The van der Waals surface area contributed by atoms with Crippen molar-refractivity contribution in [2.75, 3.05) is 10.7 Å². The molecule has 1 heterocycles. The topological polar surface area (TPSA) is 104 Å². The predicted octanol–water partition coefficient (Wildman–Crippen LogP) is 2.25. The van der Waals surface area contributed by atoms with E-state index in [1.54, 1.807) is 18.2 Å². The SMILES string of the molecule is N#Cc1cc(Br)ccc1NC(=O)c1ccncc1NN. The molecule has 1 amide bonds. The quantitative estimate of drug-likeness (QED) is 0.591. The molecule has 1 aromatic carbocycles. The number of hydrazine groups is 1. The summed E-state index contributed by atoms with van der Waals surface area (Å²) in [5, 5.41) is 11.7. The Kier molecular flexibility index (Phi) is 4.30. The first-order chi connectivity index (χ1) is 9.65. The third kappa shape index (κ3) is 2.93. The number of nitriles is 1. The summed E-state index contributed by atoms with van der Waals surface area (Å²) in [6.07, 6.45) is 2.93. The van der Waals surface area contributed by atoms with Crippen LogP contribution < -0.4 is 16.6 Å². The zero-order chi connectivity index (χ0) is 14.5. The van der Waals surface area contributed by atoms with Crippen LogP contribution in [0.2, 0.25) is 0 Å². The lowest BCUT2D eigenvalue weighted by atomic mass is 10.1. The molecule has 0 fully saturated rings. The number of nitrogens with zero attached hydrogens (tertiary/aromatic N) is 2. The van der Waals surface area contributed by atoms with E-state index in [4.69, 9.17) is 11.1 Å². The highest BCUT2D eigenvalue weighted by Gasteiger charge is 2.13. The summed E-state index contributed by atoms with van der Waals surface area (Å²) in [5.41, 5.74) is 3.95. The number of carbonyl (C=O) groups excluding carboxylic acids is 1. The van der Waals surface area contributed by atoms with Crippen LogP contribution in [0.1, 0.15) is 15.9 Å². The van der Waals surface area contributed by atoms with Crippen molar-refractivity contribution < 1.29 is 4.79 Å². The number of aromatic nitrogens is 1. The van der Waals surface area contributed by atoms with E-state index in [1.165, 1.54) is 18.5 Å². The lowest BCUT2D eigenvalue weighted by Gasteiger charge is -2.10. The molecule has 2 rings (SSSR count). The monoisotopic (exact) mass is 331 g/mol. The van der Waals surface area contributed by atoms with E-state index in [0.29, 0.717) is 22.5 Å². The van der Waals surface area contributed by atoms with Crippen LogP contribution in [0.5, 0.6) is 0 Å². The molecule has 0 saturated carbocycles. The van der Waals surface area contributed by atoms with Crippen molar-refractivity contribution in [3.63, 3.8) is 0 Å². The molecular weight excluding hydrogens is 322 g/mol. The molecular formula is C13H10BrN5O. The zero-order valence-corrected chi connectivity index (χ0v) is 11.8. The maximum absolute atomic E-state index is 12.2. The molecule has 100 valence electrons. The van der Waals surface area contributed by atoms with Crippen LogP contribution in [0.25, 0.3) is 0 Å². The summed E-state index contributed by atoms with van der Waals surface area (Å²) in [7, 11) is 0. The molecule has 0 unspecified atom stereocenters. The van der Waals surface area contributed by atoms with Crippen LogP contribution in [-0.2, 0) is 0 Å². The highest BCUT2D eigenvalue weighted by Crippen LogP contribution is 2.22. The minimum atomic E-state index is -0.376. The van der Waals surface area contributed by atoms with Gasteiger partial charge in [-0.15, -0.1) is 0 Å². The van der Waals surface area contributed by atoms with E-state index in [2.05, 4.69) is 31.7 Å². The Morgan fingerprint density at radius 3 is 2.85 bits per heavy atom. The highest BCUT2D eigenvalue weighted by atomic mass is 79.9. The van der Waals surface area contributed by atoms with Crippen molar-refractivity contribution in [1.29, 1.82) is 5.26 Å². The number of amides is 1. The van der Waals surface area contributed by atoms with Crippen molar-refractivity contribution in [3.05, 3.63) is 52.3 Å². The summed E-state index contributed by atoms with van der Waals surface area (Å²) in [5.74, 6) is 4.95. The Bertz CT molecular complexity index is 695. The van der Waals surface area contributed by atoms with Crippen molar-refractivity contribution in [1.82, 2.24) is 4.98 Å². The molecule has 0 aliphatic rings. The lowest BCUT2D eigenvalue weighted by molar-refractivity contribution is 0.102. The number of carbonyl (C=O) groups is 1. The molecule has 0 aliphatic heterocycles. The van der Waals surface area contributed by atoms with E-state index >= 15 is 0 Å². The van der Waals surface area contributed by atoms with Crippen molar-refractivity contribution in [2.45, 2.75) is 0 Å². The van der Waals surface area contributed by atoms with Gasteiger partial charge in [0.2, 0.25) is 0 Å². The first-order valence-electron chi connectivity index (χ1n) is 5.57. The van der Waals surface area contributed by atoms with Gasteiger partial charge in [-0.05, 0) is 24.3 Å². The number of benzene rings is 1. The molecule has 0 spiro atoms. The largest absolute Gasteiger partial charge is 0.322 e. The number of hydrogen-bond donors (Lipinski definition) is 3. The number of nitrogen functional groups attached to an aromatic ring is 1. The van der Waals surface area contributed by atoms with Crippen LogP contribution in [0.3, 0.4) is 0 Å². The fourth-order valence-electron chi connectivity index (χ4n) is 1.62. The Morgan fingerprint density at radius 1 is 1.35 bits per heavy atom. The van der Waals surface area contributed by atoms with Crippen LogP contribution in [0.15, 0.2) is 41.1 Å². The summed E-state index contributed by atoms with van der Waals surface area (Å²) < 4.78 is 0.764. The molecule has 1 aromatic heterocycles. The van der Waals surface area contributed by atoms with Crippen LogP contribution in [0.4, 0.5) is 11.4 Å². The summed E-state index contributed by atoms with van der Waals surface area (Å²) in [4.78, 5) is 16.1. The van der Waals surface area contributed by atoms with Gasteiger partial charge in [-0.2, -0.15) is 5.26 Å². The summed E-state index contributed by atoms with van der Waals surface area (Å²) in [6.45, 7) is 0. The Morgan fingerprint density at radius 2 is 2.15 bits per heavy atom. The molecule has 4 N–H and O–H groups in total. The average Bonchev–Trinajstić information content (AvgIpc) is 2.48. The van der Waals surface area contributed by atoms with Gasteiger partial charge in [0.25, 0.3) is 5.91 Å². The Labute approximate surface area is 123 Å². The Hall–Kier alpha value is -2.43. The third-order valence-corrected chi connectivity index (χ3v) is 3.06. The number of pyridine rings is 1. The van der Waals surface area contributed by atoms with Crippen molar-refractivity contribution >= 4 is 33.2 Å². The van der Waals surface area contributed by atoms with Crippen molar-refractivity contribution in [3.8, 4) is 6.07 Å². The van der Waals surface area contributed by atoms with Gasteiger partial charge in [0.15, 0.2) is 0 Å². The molecule has 0 atom stereocenters. The number of rotatable bonds is 3. The minimum absolute atomic E-state index is 0.342. The van der Waals surface area contributed by atoms with E-state index in [0.717, 1.165) is 4.47 Å². The molecule has 6 nitrogen and oxygen atoms in total. The van der Waals surface area contributed by atoms with Crippen LogP contribution in [-0.4, -0.2) is 10.9 Å². The number of nitrogens with two attached hydrogens (primary N) is 1. The van der Waals surface area contributed by atoms with E-state index in [-0.39, 0.29) is 5.91 Å². The molecule has 20 heavy (non-hydrogen) atoms. The molecule has 0 bridgehead atoms. The maximum Gasteiger partial charge on any atom is 0.257 e. The van der Waals surface area contributed by atoms with Crippen LogP contribution in [0, 0.1) is 11.3 Å². The smallest absolute Gasteiger partial charge is 0.257 e. The van der Waals surface area contributed by atoms with Gasteiger partial charge < -0.3 is 10.7 Å². The maximum atomic E-state index is 12.2. The molecule has 7 heteroatoms. The van der Waals surface area contributed by atoms with Gasteiger partial charge in [-0.25, -0.2) is 0 Å². The summed E-state index contributed by atoms with van der Waals surface area (Å²) >= 11 is 3.27. The van der Waals surface area contributed by atoms with Gasteiger partial charge in [-0.3, -0.25) is 15.6 Å². The van der Waals surface area contributed by atoms with Gasteiger partial charge in [0, 0.05) is 10.7 Å². The number of hydrogen-bond acceptors (Lipinski definition) is 5.